The average Bonchev–Trinajstić information content (AvgIpc) is 2.82. The third-order valence-corrected chi connectivity index (χ3v) is 5.20. The van der Waals surface area contributed by atoms with Crippen molar-refractivity contribution in [3.05, 3.63) is 88.0 Å². The van der Waals surface area contributed by atoms with Crippen molar-refractivity contribution in [2.75, 3.05) is 23.4 Å². The maximum absolute atomic E-state index is 12.9. The molecule has 1 N–H and O–H groups in total. The van der Waals surface area contributed by atoms with E-state index in [1.165, 1.54) is 30.3 Å². The summed E-state index contributed by atoms with van der Waals surface area (Å²) in [5, 5.41) is 13.8. The zero-order valence-corrected chi connectivity index (χ0v) is 18.1. The van der Waals surface area contributed by atoms with E-state index in [0.717, 1.165) is 16.5 Å². The molecule has 0 atom stereocenters. The smallest absolute Gasteiger partial charge is 0.387 e. The van der Waals surface area contributed by atoms with E-state index in [2.05, 4.69) is 10.1 Å². The Morgan fingerprint density at radius 2 is 1.91 bits per heavy atom. The Morgan fingerprint density at radius 3 is 2.63 bits per heavy atom. The van der Waals surface area contributed by atoms with E-state index < -0.39 is 29.9 Å². The molecule has 0 aromatic heterocycles. The molecule has 3 aromatic rings. The number of rotatable bonds is 8. The number of nitrogens with one attached hydrogen (secondary N) is 1. The highest BCUT2D eigenvalue weighted by molar-refractivity contribution is 6.05. The maximum atomic E-state index is 12.9. The van der Waals surface area contributed by atoms with Gasteiger partial charge in [0, 0.05) is 29.8 Å². The van der Waals surface area contributed by atoms with Crippen molar-refractivity contribution in [1.82, 2.24) is 0 Å². The highest BCUT2D eigenvalue weighted by Crippen LogP contribution is 2.35. The molecule has 1 aliphatic heterocycles. The minimum atomic E-state index is -3.01. The van der Waals surface area contributed by atoms with Crippen LogP contribution < -0.4 is 19.7 Å². The zero-order chi connectivity index (χ0) is 24.9. The summed E-state index contributed by atoms with van der Waals surface area (Å²) in [5.74, 6) is -0.919. The van der Waals surface area contributed by atoms with Crippen LogP contribution in [0, 0.1) is 10.1 Å². The summed E-state index contributed by atoms with van der Waals surface area (Å²) in [6, 6.07) is 17.1. The topological polar surface area (TPSA) is 111 Å². The van der Waals surface area contributed by atoms with Gasteiger partial charge in [-0.15, -0.1) is 0 Å². The normalized spacial score (nSPS) is 12.7. The number of carbonyl (C=O) groups excluding carboxylic acids is 2. The molecule has 2 amide bonds. The zero-order valence-electron chi connectivity index (χ0n) is 18.1. The number of fused-ring (bicyclic) bond motifs is 1. The van der Waals surface area contributed by atoms with Gasteiger partial charge in [0.2, 0.25) is 5.91 Å². The number of carbonyl (C=O) groups is 2. The quantitative estimate of drug-likeness (QED) is 0.381. The Morgan fingerprint density at radius 1 is 1.14 bits per heavy atom. The van der Waals surface area contributed by atoms with Crippen LogP contribution >= 0.6 is 0 Å². The molecular weight excluding hydrogens is 464 g/mol. The van der Waals surface area contributed by atoms with Gasteiger partial charge in [-0.05, 0) is 29.8 Å². The molecule has 0 unspecified atom stereocenters. The number of nitrogens with zero attached hydrogens (tertiary/aromatic N) is 2. The Kier molecular flexibility index (Phi) is 6.86. The number of nitro groups is 1. The van der Waals surface area contributed by atoms with Gasteiger partial charge in [-0.3, -0.25) is 24.6 Å². The molecule has 4 rings (SSSR count). The number of ether oxygens (including phenoxy) is 2. The summed E-state index contributed by atoms with van der Waals surface area (Å²) in [5.41, 5.74) is 1.44. The van der Waals surface area contributed by atoms with E-state index in [-0.39, 0.29) is 35.9 Å². The second kappa shape index (κ2) is 10.2. The van der Waals surface area contributed by atoms with Crippen LogP contribution in [0.4, 0.5) is 25.8 Å². The Balaban J connectivity index is 1.54. The summed E-state index contributed by atoms with van der Waals surface area (Å²) in [7, 11) is 0. The molecule has 9 nitrogen and oxygen atoms in total. The molecule has 0 aliphatic carbocycles. The number of nitro benzene ring substituents is 1. The minimum Gasteiger partial charge on any atom is -0.482 e. The number of alkyl halides is 2. The summed E-state index contributed by atoms with van der Waals surface area (Å²) >= 11 is 0. The highest BCUT2D eigenvalue weighted by Gasteiger charge is 2.29. The van der Waals surface area contributed by atoms with Crippen LogP contribution in [0.15, 0.2) is 66.7 Å². The van der Waals surface area contributed by atoms with Crippen LogP contribution in [0.1, 0.15) is 11.1 Å². The maximum Gasteiger partial charge on any atom is 0.387 e. The predicted molar refractivity (Wildman–Crippen MR) is 122 cm³/mol. The number of hydrogen-bond donors (Lipinski definition) is 1. The van der Waals surface area contributed by atoms with Crippen molar-refractivity contribution in [3.8, 4) is 11.5 Å². The third kappa shape index (κ3) is 5.69. The lowest BCUT2D eigenvalue weighted by Crippen LogP contribution is -2.43. The van der Waals surface area contributed by atoms with E-state index in [9.17, 15) is 28.5 Å². The van der Waals surface area contributed by atoms with Crippen LogP contribution in [-0.4, -0.2) is 36.5 Å². The molecule has 1 aliphatic rings. The number of amides is 2. The number of non-ortho nitro benzene ring substituents is 1. The lowest BCUT2D eigenvalue weighted by atomic mass is 10.0. The van der Waals surface area contributed by atoms with E-state index >= 15 is 0 Å². The lowest BCUT2D eigenvalue weighted by Gasteiger charge is -2.28. The summed E-state index contributed by atoms with van der Waals surface area (Å²) in [6.45, 7) is -3.76. The molecule has 0 radical (unpaired) electrons. The van der Waals surface area contributed by atoms with E-state index in [1.807, 2.05) is 30.3 Å². The largest absolute Gasteiger partial charge is 0.482 e. The van der Waals surface area contributed by atoms with Crippen LogP contribution in [-0.2, 0) is 16.0 Å². The van der Waals surface area contributed by atoms with Crippen LogP contribution in [0.3, 0.4) is 0 Å². The van der Waals surface area contributed by atoms with Crippen molar-refractivity contribution in [2.45, 2.75) is 13.0 Å². The van der Waals surface area contributed by atoms with Crippen LogP contribution in [0.2, 0.25) is 0 Å². The SMILES string of the molecule is O=C(CN1C(=O)COc2ccc([N+](=O)[O-])cc21)Nc1ccc(OC(F)F)c(Cc2ccccc2)c1. The first-order valence-corrected chi connectivity index (χ1v) is 10.4. The Labute approximate surface area is 198 Å². The third-order valence-electron chi connectivity index (χ3n) is 5.20. The second-order valence-corrected chi connectivity index (χ2v) is 7.59. The fourth-order valence-corrected chi connectivity index (χ4v) is 3.64. The average molecular weight is 483 g/mol. The summed E-state index contributed by atoms with van der Waals surface area (Å²) in [4.78, 5) is 36.8. The highest BCUT2D eigenvalue weighted by atomic mass is 19.3. The van der Waals surface area contributed by atoms with Gasteiger partial charge in [-0.1, -0.05) is 30.3 Å². The molecule has 0 spiro atoms. The molecule has 0 bridgehead atoms. The van der Waals surface area contributed by atoms with Gasteiger partial charge in [0.05, 0.1) is 10.6 Å². The number of hydrogen-bond acceptors (Lipinski definition) is 6. The molecule has 3 aromatic carbocycles. The van der Waals surface area contributed by atoms with E-state index in [1.54, 1.807) is 0 Å². The molecule has 35 heavy (non-hydrogen) atoms. The summed E-state index contributed by atoms with van der Waals surface area (Å²) in [6.07, 6.45) is 0.283. The first kappa shape index (κ1) is 23.6. The number of anilines is 2. The van der Waals surface area contributed by atoms with Crippen molar-refractivity contribution in [1.29, 1.82) is 0 Å². The van der Waals surface area contributed by atoms with Crippen molar-refractivity contribution in [2.24, 2.45) is 0 Å². The minimum absolute atomic E-state index is 0.0218. The fraction of sp³-hybridized carbons (Fsp3) is 0.167. The Hall–Kier alpha value is -4.54. The predicted octanol–water partition coefficient (Wildman–Crippen LogP) is 4.15. The molecule has 0 saturated carbocycles. The lowest BCUT2D eigenvalue weighted by molar-refractivity contribution is -0.384. The van der Waals surface area contributed by atoms with Crippen molar-refractivity contribution in [3.63, 3.8) is 0 Å². The van der Waals surface area contributed by atoms with Gasteiger partial charge in [-0.2, -0.15) is 8.78 Å². The van der Waals surface area contributed by atoms with Crippen LogP contribution in [0.5, 0.6) is 11.5 Å². The Bertz CT molecular complexity index is 1270. The summed E-state index contributed by atoms with van der Waals surface area (Å²) < 4.78 is 35.6. The fourth-order valence-electron chi connectivity index (χ4n) is 3.64. The molecular formula is C24H19F2N3O6. The van der Waals surface area contributed by atoms with Crippen LogP contribution in [0.25, 0.3) is 0 Å². The molecule has 0 fully saturated rings. The molecule has 11 heteroatoms. The van der Waals surface area contributed by atoms with Gasteiger partial charge in [-0.25, -0.2) is 0 Å². The van der Waals surface area contributed by atoms with Gasteiger partial charge in [0.15, 0.2) is 6.61 Å². The molecule has 1 heterocycles. The van der Waals surface area contributed by atoms with Gasteiger partial charge in [0.1, 0.15) is 18.0 Å². The van der Waals surface area contributed by atoms with E-state index in [0.29, 0.717) is 11.3 Å². The van der Waals surface area contributed by atoms with E-state index in [4.69, 9.17) is 4.74 Å². The van der Waals surface area contributed by atoms with Gasteiger partial charge >= 0.3 is 6.61 Å². The first-order valence-electron chi connectivity index (χ1n) is 10.4. The molecule has 0 saturated heterocycles. The number of benzene rings is 3. The van der Waals surface area contributed by atoms with Gasteiger partial charge in [0.25, 0.3) is 11.6 Å². The van der Waals surface area contributed by atoms with Crippen molar-refractivity contribution >= 4 is 28.9 Å². The first-order chi connectivity index (χ1) is 16.8. The standard InChI is InChI=1S/C24H19F2N3O6/c25-24(26)35-20-8-6-17(11-16(20)10-15-4-2-1-3-5-15)27-22(30)13-28-19-12-18(29(32)33)7-9-21(19)34-14-23(28)31/h1-9,11-12,24H,10,13-14H2,(H,27,30). The number of halogens is 2. The van der Waals surface area contributed by atoms with Gasteiger partial charge < -0.3 is 14.8 Å². The second-order valence-electron chi connectivity index (χ2n) is 7.59. The molecule has 180 valence electrons. The van der Waals surface area contributed by atoms with Crippen molar-refractivity contribution < 1.29 is 32.8 Å². The monoisotopic (exact) mass is 483 g/mol.